The van der Waals surface area contributed by atoms with Crippen LogP contribution >= 0.6 is 0 Å². The molecule has 19 heavy (non-hydrogen) atoms. The number of nitrogens with zero attached hydrogens (tertiary/aromatic N) is 1. The van der Waals surface area contributed by atoms with Crippen LogP contribution in [0.2, 0.25) is 0 Å². The third kappa shape index (κ3) is 3.90. The molecule has 0 aromatic carbocycles. The highest BCUT2D eigenvalue weighted by Gasteiger charge is 2.42. The number of hydrogen-bond donors (Lipinski definition) is 1. The molecule has 112 valence electrons. The molecule has 2 saturated heterocycles. The largest absolute Gasteiger partial charge is 0.389 e. The Morgan fingerprint density at radius 1 is 1.42 bits per heavy atom. The van der Waals surface area contributed by atoms with E-state index in [1.165, 1.54) is 10.6 Å². The van der Waals surface area contributed by atoms with Gasteiger partial charge in [-0.05, 0) is 31.6 Å². The lowest BCUT2D eigenvalue weighted by Crippen LogP contribution is -2.43. The van der Waals surface area contributed by atoms with Crippen molar-refractivity contribution in [3.8, 4) is 0 Å². The Kier molecular flexibility index (Phi) is 3.99. The van der Waals surface area contributed by atoms with Gasteiger partial charge in [0.05, 0.1) is 23.4 Å². The number of rotatable bonds is 3. The smallest absolute Gasteiger partial charge is 0.211 e. The topological polar surface area (TPSA) is 91.8 Å². The molecular weight excluding hydrogens is 290 g/mol. The van der Waals surface area contributed by atoms with Gasteiger partial charge in [0.1, 0.15) is 0 Å². The average Bonchev–Trinajstić information content (AvgIpc) is 2.52. The SMILES string of the molecule is CS(=O)(=O)N1CCCC(CC2(O)CCS(=O)(=O)C2)C1. The van der Waals surface area contributed by atoms with Crippen molar-refractivity contribution in [2.75, 3.05) is 30.9 Å². The summed E-state index contributed by atoms with van der Waals surface area (Å²) in [6.07, 6.45) is 3.43. The van der Waals surface area contributed by atoms with Crippen LogP contribution < -0.4 is 0 Å². The van der Waals surface area contributed by atoms with Crippen LogP contribution in [-0.2, 0) is 19.9 Å². The van der Waals surface area contributed by atoms with Crippen molar-refractivity contribution in [2.24, 2.45) is 5.92 Å². The molecule has 0 spiro atoms. The molecule has 0 radical (unpaired) electrons. The highest BCUT2D eigenvalue weighted by Crippen LogP contribution is 2.33. The minimum atomic E-state index is -3.20. The van der Waals surface area contributed by atoms with E-state index in [0.717, 1.165) is 12.8 Å². The molecule has 0 saturated carbocycles. The number of aliphatic hydroxyl groups is 1. The molecule has 0 bridgehead atoms. The monoisotopic (exact) mass is 311 g/mol. The standard InChI is InChI=1S/C11H21NO5S2/c1-18(14,15)12-5-2-3-10(8-12)7-11(13)4-6-19(16,17)9-11/h10,13H,2-9H2,1H3. The molecule has 2 aliphatic rings. The molecule has 2 fully saturated rings. The first-order chi connectivity index (χ1) is 8.60. The van der Waals surface area contributed by atoms with Crippen molar-refractivity contribution in [3.05, 3.63) is 0 Å². The lowest BCUT2D eigenvalue weighted by atomic mass is 9.86. The summed E-state index contributed by atoms with van der Waals surface area (Å²) in [4.78, 5) is 0. The molecule has 2 atom stereocenters. The van der Waals surface area contributed by atoms with Crippen molar-refractivity contribution in [2.45, 2.75) is 31.3 Å². The van der Waals surface area contributed by atoms with Crippen LogP contribution in [0.25, 0.3) is 0 Å². The third-order valence-electron chi connectivity index (χ3n) is 3.99. The van der Waals surface area contributed by atoms with E-state index in [0.29, 0.717) is 19.5 Å². The molecule has 8 heteroatoms. The maximum atomic E-state index is 11.5. The fourth-order valence-electron chi connectivity index (χ4n) is 3.09. The van der Waals surface area contributed by atoms with Crippen LogP contribution in [0, 0.1) is 5.92 Å². The minimum absolute atomic E-state index is 0.0337. The molecule has 0 aromatic rings. The van der Waals surface area contributed by atoms with Crippen molar-refractivity contribution in [3.63, 3.8) is 0 Å². The summed E-state index contributed by atoms with van der Waals surface area (Å²) < 4.78 is 47.4. The zero-order valence-electron chi connectivity index (χ0n) is 11.1. The van der Waals surface area contributed by atoms with Crippen LogP contribution in [0.3, 0.4) is 0 Å². The van der Waals surface area contributed by atoms with Gasteiger partial charge in [-0.25, -0.2) is 21.1 Å². The zero-order chi connectivity index (χ0) is 14.3. The summed E-state index contributed by atoms with van der Waals surface area (Å²) in [7, 11) is -6.33. The Bertz CT molecular complexity index is 541. The fourth-order valence-corrected chi connectivity index (χ4v) is 5.95. The first kappa shape index (κ1) is 15.2. The van der Waals surface area contributed by atoms with Gasteiger partial charge in [0.15, 0.2) is 9.84 Å². The highest BCUT2D eigenvalue weighted by atomic mass is 32.2. The first-order valence-corrected chi connectivity index (χ1v) is 10.1. The number of sulfonamides is 1. The van der Waals surface area contributed by atoms with Gasteiger partial charge < -0.3 is 5.11 Å². The summed E-state index contributed by atoms with van der Waals surface area (Å²) in [5, 5.41) is 10.3. The van der Waals surface area contributed by atoms with Crippen molar-refractivity contribution in [1.29, 1.82) is 0 Å². The molecular formula is C11H21NO5S2. The molecule has 1 N–H and O–H groups in total. The van der Waals surface area contributed by atoms with E-state index in [1.54, 1.807) is 0 Å². The lowest BCUT2D eigenvalue weighted by Gasteiger charge is -2.34. The molecule has 2 heterocycles. The highest BCUT2D eigenvalue weighted by molar-refractivity contribution is 7.91. The Hall–Kier alpha value is -0.180. The summed E-state index contributed by atoms with van der Waals surface area (Å²) in [6.45, 7) is 0.910. The zero-order valence-corrected chi connectivity index (χ0v) is 12.7. The van der Waals surface area contributed by atoms with Crippen LogP contribution in [-0.4, -0.2) is 62.7 Å². The predicted octanol–water partition coefficient (Wildman–Crippen LogP) is -0.402. The quantitative estimate of drug-likeness (QED) is 0.765. The molecule has 0 aromatic heterocycles. The minimum Gasteiger partial charge on any atom is -0.389 e. The van der Waals surface area contributed by atoms with Gasteiger partial charge in [0, 0.05) is 13.1 Å². The normalized spacial score (nSPS) is 36.4. The molecule has 2 aliphatic heterocycles. The number of sulfone groups is 1. The maximum Gasteiger partial charge on any atom is 0.211 e. The van der Waals surface area contributed by atoms with Gasteiger partial charge in [-0.1, -0.05) is 0 Å². The fraction of sp³-hybridized carbons (Fsp3) is 1.00. The third-order valence-corrected chi connectivity index (χ3v) is 7.06. The van der Waals surface area contributed by atoms with E-state index in [2.05, 4.69) is 0 Å². The van der Waals surface area contributed by atoms with Gasteiger partial charge in [-0.2, -0.15) is 0 Å². The van der Waals surface area contributed by atoms with Gasteiger partial charge in [0.2, 0.25) is 10.0 Å². The van der Waals surface area contributed by atoms with E-state index in [4.69, 9.17) is 0 Å². The van der Waals surface area contributed by atoms with Gasteiger partial charge >= 0.3 is 0 Å². The Labute approximate surface area is 114 Å². The second-order valence-corrected chi connectivity index (χ2v) is 10.1. The Morgan fingerprint density at radius 3 is 2.63 bits per heavy atom. The maximum absolute atomic E-state index is 11.5. The molecule has 0 amide bonds. The molecule has 0 aliphatic carbocycles. The Balaban J connectivity index is 2.00. The van der Waals surface area contributed by atoms with E-state index in [1.807, 2.05) is 0 Å². The summed E-state index contributed by atoms with van der Waals surface area (Å²) >= 11 is 0. The number of hydrogen-bond acceptors (Lipinski definition) is 5. The lowest BCUT2D eigenvalue weighted by molar-refractivity contribution is 0.0316. The van der Waals surface area contributed by atoms with E-state index < -0.39 is 25.5 Å². The van der Waals surface area contributed by atoms with E-state index >= 15 is 0 Å². The van der Waals surface area contributed by atoms with Gasteiger partial charge in [-0.3, -0.25) is 0 Å². The second kappa shape index (κ2) is 4.98. The number of piperidine rings is 1. The predicted molar refractivity (Wildman–Crippen MR) is 72.0 cm³/mol. The molecule has 6 nitrogen and oxygen atoms in total. The average molecular weight is 311 g/mol. The molecule has 2 rings (SSSR count). The van der Waals surface area contributed by atoms with Crippen LogP contribution in [0.4, 0.5) is 0 Å². The van der Waals surface area contributed by atoms with E-state index in [9.17, 15) is 21.9 Å². The van der Waals surface area contributed by atoms with Crippen LogP contribution in [0.15, 0.2) is 0 Å². The first-order valence-electron chi connectivity index (χ1n) is 6.48. The summed E-state index contributed by atoms with van der Waals surface area (Å²) in [5.74, 6) is -0.108. The summed E-state index contributed by atoms with van der Waals surface area (Å²) in [6, 6.07) is 0. The van der Waals surface area contributed by atoms with Crippen molar-refractivity contribution >= 4 is 19.9 Å². The van der Waals surface area contributed by atoms with Gasteiger partial charge in [-0.15, -0.1) is 0 Å². The van der Waals surface area contributed by atoms with Crippen LogP contribution in [0.5, 0.6) is 0 Å². The van der Waals surface area contributed by atoms with Crippen molar-refractivity contribution in [1.82, 2.24) is 4.31 Å². The van der Waals surface area contributed by atoms with Crippen molar-refractivity contribution < 1.29 is 21.9 Å². The summed E-state index contributed by atoms with van der Waals surface area (Å²) in [5.41, 5.74) is -1.16. The van der Waals surface area contributed by atoms with Crippen LogP contribution in [0.1, 0.15) is 25.7 Å². The molecule has 2 unspecified atom stereocenters. The van der Waals surface area contributed by atoms with E-state index in [-0.39, 0.29) is 23.8 Å². The van der Waals surface area contributed by atoms with Gasteiger partial charge in [0.25, 0.3) is 0 Å². The Morgan fingerprint density at radius 2 is 2.11 bits per heavy atom. The second-order valence-electron chi connectivity index (χ2n) is 5.90.